The SMILES string of the molecule is COc1ccc(C2NCCc3ccc(O)cc32)cc1OC. The second-order valence-electron chi connectivity index (χ2n) is 5.13. The molecule has 1 atom stereocenters. The second-order valence-corrected chi connectivity index (χ2v) is 5.13. The largest absolute Gasteiger partial charge is 0.508 e. The van der Waals surface area contributed by atoms with Crippen LogP contribution in [-0.2, 0) is 6.42 Å². The zero-order valence-corrected chi connectivity index (χ0v) is 12.2. The lowest BCUT2D eigenvalue weighted by Crippen LogP contribution is -2.30. The third kappa shape index (κ3) is 2.54. The molecular formula is C17H19NO3. The summed E-state index contributed by atoms with van der Waals surface area (Å²) in [7, 11) is 3.26. The van der Waals surface area contributed by atoms with E-state index in [0.717, 1.165) is 24.1 Å². The zero-order valence-electron chi connectivity index (χ0n) is 12.2. The van der Waals surface area contributed by atoms with Gasteiger partial charge in [-0.1, -0.05) is 12.1 Å². The maximum atomic E-state index is 9.76. The van der Waals surface area contributed by atoms with E-state index in [4.69, 9.17) is 9.47 Å². The summed E-state index contributed by atoms with van der Waals surface area (Å²) in [4.78, 5) is 0. The molecule has 0 radical (unpaired) electrons. The molecule has 1 heterocycles. The fourth-order valence-electron chi connectivity index (χ4n) is 2.87. The summed E-state index contributed by atoms with van der Waals surface area (Å²) in [5.41, 5.74) is 3.49. The lowest BCUT2D eigenvalue weighted by molar-refractivity contribution is 0.354. The molecule has 0 saturated carbocycles. The summed E-state index contributed by atoms with van der Waals surface area (Å²) in [6.07, 6.45) is 0.972. The molecule has 4 nitrogen and oxygen atoms in total. The van der Waals surface area contributed by atoms with Crippen LogP contribution < -0.4 is 14.8 Å². The van der Waals surface area contributed by atoms with Gasteiger partial charge in [-0.25, -0.2) is 0 Å². The standard InChI is InChI=1S/C17H19NO3/c1-20-15-6-4-12(9-16(15)21-2)17-14-10-13(19)5-3-11(14)7-8-18-17/h3-6,9-10,17-19H,7-8H2,1-2H3. The van der Waals surface area contributed by atoms with Crippen molar-refractivity contribution in [1.29, 1.82) is 0 Å². The van der Waals surface area contributed by atoms with Crippen molar-refractivity contribution in [3.63, 3.8) is 0 Å². The van der Waals surface area contributed by atoms with Crippen LogP contribution in [0.4, 0.5) is 0 Å². The van der Waals surface area contributed by atoms with Crippen molar-refractivity contribution in [3.05, 3.63) is 53.1 Å². The van der Waals surface area contributed by atoms with Gasteiger partial charge in [0.05, 0.1) is 20.3 Å². The first-order valence-corrected chi connectivity index (χ1v) is 7.00. The number of phenolic OH excluding ortho intramolecular Hbond substituents is 1. The minimum atomic E-state index is 0.0562. The molecule has 0 amide bonds. The molecular weight excluding hydrogens is 266 g/mol. The summed E-state index contributed by atoms with van der Waals surface area (Å²) < 4.78 is 10.7. The minimum Gasteiger partial charge on any atom is -0.508 e. The number of benzene rings is 2. The van der Waals surface area contributed by atoms with E-state index in [2.05, 4.69) is 5.32 Å². The highest BCUT2D eigenvalue weighted by Gasteiger charge is 2.22. The van der Waals surface area contributed by atoms with Gasteiger partial charge in [0.2, 0.25) is 0 Å². The van der Waals surface area contributed by atoms with Crippen molar-refractivity contribution in [1.82, 2.24) is 5.32 Å². The molecule has 0 saturated heterocycles. The summed E-state index contributed by atoms with van der Waals surface area (Å²) in [6.45, 7) is 0.913. The Hall–Kier alpha value is -2.20. The van der Waals surface area contributed by atoms with Crippen molar-refractivity contribution in [2.45, 2.75) is 12.5 Å². The molecule has 0 aliphatic carbocycles. The fourth-order valence-corrected chi connectivity index (χ4v) is 2.87. The highest BCUT2D eigenvalue weighted by molar-refractivity contribution is 5.49. The third-order valence-corrected chi connectivity index (χ3v) is 3.92. The van der Waals surface area contributed by atoms with Gasteiger partial charge in [0.15, 0.2) is 11.5 Å². The van der Waals surface area contributed by atoms with Gasteiger partial charge in [-0.15, -0.1) is 0 Å². The predicted molar refractivity (Wildman–Crippen MR) is 81.2 cm³/mol. The number of methoxy groups -OCH3 is 2. The molecule has 110 valence electrons. The Morgan fingerprint density at radius 1 is 1.05 bits per heavy atom. The van der Waals surface area contributed by atoms with Gasteiger partial charge in [-0.2, -0.15) is 0 Å². The van der Waals surface area contributed by atoms with E-state index in [9.17, 15) is 5.11 Å². The van der Waals surface area contributed by atoms with E-state index in [-0.39, 0.29) is 6.04 Å². The average molecular weight is 285 g/mol. The van der Waals surface area contributed by atoms with Crippen LogP contribution in [0, 0.1) is 0 Å². The van der Waals surface area contributed by atoms with Crippen molar-refractivity contribution in [2.24, 2.45) is 0 Å². The van der Waals surface area contributed by atoms with E-state index in [1.54, 1.807) is 20.3 Å². The monoisotopic (exact) mass is 285 g/mol. The van der Waals surface area contributed by atoms with Crippen LogP contribution in [0.1, 0.15) is 22.7 Å². The first-order chi connectivity index (χ1) is 10.2. The smallest absolute Gasteiger partial charge is 0.161 e. The molecule has 2 aromatic rings. The van der Waals surface area contributed by atoms with Gasteiger partial charge in [0, 0.05) is 6.54 Å². The highest BCUT2D eigenvalue weighted by Crippen LogP contribution is 2.35. The highest BCUT2D eigenvalue weighted by atomic mass is 16.5. The molecule has 0 spiro atoms. The normalized spacial score (nSPS) is 17.1. The van der Waals surface area contributed by atoms with Gasteiger partial charge in [-0.3, -0.25) is 0 Å². The van der Waals surface area contributed by atoms with Gasteiger partial charge in [-0.05, 0) is 47.4 Å². The second kappa shape index (κ2) is 5.66. The average Bonchev–Trinajstić information content (AvgIpc) is 2.53. The molecule has 3 rings (SSSR count). The van der Waals surface area contributed by atoms with E-state index < -0.39 is 0 Å². The predicted octanol–water partition coefficient (Wildman–Crippen LogP) is 2.64. The van der Waals surface area contributed by atoms with E-state index in [0.29, 0.717) is 17.2 Å². The molecule has 0 bridgehead atoms. The van der Waals surface area contributed by atoms with E-state index in [1.165, 1.54) is 5.56 Å². The van der Waals surface area contributed by atoms with Gasteiger partial charge in [0.1, 0.15) is 5.75 Å². The Morgan fingerprint density at radius 2 is 1.86 bits per heavy atom. The number of hydrogen-bond acceptors (Lipinski definition) is 4. The molecule has 21 heavy (non-hydrogen) atoms. The number of fused-ring (bicyclic) bond motifs is 1. The fraction of sp³-hybridized carbons (Fsp3) is 0.294. The van der Waals surface area contributed by atoms with Crippen molar-refractivity contribution in [2.75, 3.05) is 20.8 Å². The zero-order chi connectivity index (χ0) is 14.8. The molecule has 1 aliphatic heterocycles. The van der Waals surface area contributed by atoms with E-state index in [1.807, 2.05) is 30.3 Å². The van der Waals surface area contributed by atoms with Crippen LogP contribution in [0.25, 0.3) is 0 Å². The van der Waals surface area contributed by atoms with Gasteiger partial charge >= 0.3 is 0 Å². The number of rotatable bonds is 3. The number of hydrogen-bond donors (Lipinski definition) is 2. The van der Waals surface area contributed by atoms with Crippen LogP contribution in [0.3, 0.4) is 0 Å². The minimum absolute atomic E-state index is 0.0562. The van der Waals surface area contributed by atoms with Crippen molar-refractivity contribution in [3.8, 4) is 17.2 Å². The van der Waals surface area contributed by atoms with Crippen LogP contribution in [0.15, 0.2) is 36.4 Å². The lowest BCUT2D eigenvalue weighted by Gasteiger charge is -2.28. The third-order valence-electron chi connectivity index (χ3n) is 3.92. The summed E-state index contributed by atoms with van der Waals surface area (Å²) in [5.74, 6) is 1.72. The van der Waals surface area contributed by atoms with Crippen LogP contribution in [-0.4, -0.2) is 25.9 Å². The van der Waals surface area contributed by atoms with Gasteiger partial charge in [0.25, 0.3) is 0 Å². The summed E-state index contributed by atoms with van der Waals surface area (Å²) in [5, 5.41) is 13.3. The number of aromatic hydroxyl groups is 1. The number of ether oxygens (including phenoxy) is 2. The van der Waals surface area contributed by atoms with Crippen LogP contribution >= 0.6 is 0 Å². The Balaban J connectivity index is 2.04. The summed E-state index contributed by atoms with van der Waals surface area (Å²) >= 11 is 0. The lowest BCUT2D eigenvalue weighted by atomic mass is 9.89. The Labute approximate surface area is 124 Å². The van der Waals surface area contributed by atoms with E-state index >= 15 is 0 Å². The van der Waals surface area contributed by atoms with Crippen LogP contribution in [0.2, 0.25) is 0 Å². The number of phenols is 1. The Morgan fingerprint density at radius 3 is 2.62 bits per heavy atom. The Bertz CT molecular complexity index is 654. The topological polar surface area (TPSA) is 50.7 Å². The maximum absolute atomic E-state index is 9.76. The van der Waals surface area contributed by atoms with Crippen molar-refractivity contribution < 1.29 is 14.6 Å². The first kappa shape index (κ1) is 13.8. The first-order valence-electron chi connectivity index (χ1n) is 7.00. The Kier molecular flexibility index (Phi) is 3.71. The van der Waals surface area contributed by atoms with Crippen LogP contribution in [0.5, 0.6) is 17.2 Å². The summed E-state index contributed by atoms with van der Waals surface area (Å²) in [6, 6.07) is 11.6. The van der Waals surface area contributed by atoms with Crippen molar-refractivity contribution >= 4 is 0 Å². The molecule has 2 aromatic carbocycles. The molecule has 2 N–H and O–H groups in total. The maximum Gasteiger partial charge on any atom is 0.161 e. The molecule has 1 aliphatic rings. The quantitative estimate of drug-likeness (QED) is 0.910. The molecule has 1 unspecified atom stereocenters. The number of nitrogens with one attached hydrogen (secondary N) is 1. The molecule has 0 fully saturated rings. The van der Waals surface area contributed by atoms with Gasteiger partial charge < -0.3 is 19.9 Å². The molecule has 0 aromatic heterocycles. The molecule has 4 heteroatoms.